The van der Waals surface area contributed by atoms with E-state index in [1.807, 2.05) is 6.07 Å². The van der Waals surface area contributed by atoms with Crippen molar-refractivity contribution < 1.29 is 9.13 Å². The molecule has 0 fully saturated rings. The first kappa shape index (κ1) is 12.1. The maximum absolute atomic E-state index is 13.2. The summed E-state index contributed by atoms with van der Waals surface area (Å²) in [6.07, 6.45) is 3.70. The second kappa shape index (κ2) is 5.29. The summed E-state index contributed by atoms with van der Waals surface area (Å²) >= 11 is 0. The minimum atomic E-state index is -0.196. The SMILES string of the molecule is Cc1cc(C(NN)C2=COCCC2)ccc1F. The van der Waals surface area contributed by atoms with Crippen LogP contribution in [0, 0.1) is 12.7 Å². The summed E-state index contributed by atoms with van der Waals surface area (Å²) in [5.74, 6) is 5.39. The Morgan fingerprint density at radius 1 is 1.47 bits per heavy atom. The van der Waals surface area contributed by atoms with Crippen LogP contribution in [0.1, 0.15) is 30.0 Å². The van der Waals surface area contributed by atoms with Crippen LogP contribution < -0.4 is 11.3 Å². The van der Waals surface area contributed by atoms with E-state index in [1.165, 1.54) is 6.07 Å². The van der Waals surface area contributed by atoms with Crippen molar-refractivity contribution in [2.75, 3.05) is 6.61 Å². The summed E-state index contributed by atoms with van der Waals surface area (Å²) in [6, 6.07) is 4.94. The highest BCUT2D eigenvalue weighted by Crippen LogP contribution is 2.27. The molecule has 0 amide bonds. The lowest BCUT2D eigenvalue weighted by atomic mass is 9.95. The monoisotopic (exact) mass is 236 g/mol. The van der Waals surface area contributed by atoms with Crippen LogP contribution in [0.15, 0.2) is 30.0 Å². The Bertz CT molecular complexity index is 431. The molecule has 0 radical (unpaired) electrons. The number of hydrazine groups is 1. The molecule has 1 aromatic carbocycles. The molecular weight excluding hydrogens is 219 g/mol. The molecule has 0 aliphatic carbocycles. The van der Waals surface area contributed by atoms with Crippen molar-refractivity contribution in [3.63, 3.8) is 0 Å². The standard InChI is InChI=1S/C13H17FN2O/c1-9-7-10(4-5-12(9)14)13(16-15)11-3-2-6-17-8-11/h4-5,7-8,13,16H,2-3,6,15H2,1H3. The number of aryl methyl sites for hydroxylation is 1. The van der Waals surface area contributed by atoms with Gasteiger partial charge in [-0.05, 0) is 42.5 Å². The van der Waals surface area contributed by atoms with Gasteiger partial charge in [-0.15, -0.1) is 0 Å². The predicted octanol–water partition coefficient (Wildman–Crippen LogP) is 2.33. The van der Waals surface area contributed by atoms with Crippen LogP contribution in [0.4, 0.5) is 4.39 Å². The molecule has 17 heavy (non-hydrogen) atoms. The molecule has 0 bridgehead atoms. The van der Waals surface area contributed by atoms with E-state index in [4.69, 9.17) is 10.6 Å². The van der Waals surface area contributed by atoms with Crippen molar-refractivity contribution >= 4 is 0 Å². The molecule has 3 N–H and O–H groups in total. The van der Waals surface area contributed by atoms with Crippen LogP contribution in [0.5, 0.6) is 0 Å². The minimum Gasteiger partial charge on any atom is -0.501 e. The van der Waals surface area contributed by atoms with Gasteiger partial charge < -0.3 is 4.74 Å². The quantitative estimate of drug-likeness (QED) is 0.625. The molecule has 0 saturated heterocycles. The lowest BCUT2D eigenvalue weighted by Crippen LogP contribution is -2.30. The number of ether oxygens (including phenoxy) is 1. The summed E-state index contributed by atoms with van der Waals surface area (Å²) in [5.41, 5.74) is 5.45. The zero-order valence-electron chi connectivity index (χ0n) is 9.87. The highest BCUT2D eigenvalue weighted by atomic mass is 19.1. The summed E-state index contributed by atoms with van der Waals surface area (Å²) in [4.78, 5) is 0. The van der Waals surface area contributed by atoms with Crippen molar-refractivity contribution in [3.05, 3.63) is 47.0 Å². The molecular formula is C13H17FN2O. The van der Waals surface area contributed by atoms with Gasteiger partial charge in [0.2, 0.25) is 0 Å². The zero-order valence-corrected chi connectivity index (χ0v) is 9.87. The van der Waals surface area contributed by atoms with Crippen molar-refractivity contribution in [2.24, 2.45) is 5.84 Å². The Balaban J connectivity index is 2.28. The average Bonchev–Trinajstić information content (AvgIpc) is 2.36. The first-order valence-electron chi connectivity index (χ1n) is 5.75. The van der Waals surface area contributed by atoms with E-state index in [1.54, 1.807) is 19.3 Å². The predicted molar refractivity (Wildman–Crippen MR) is 64.5 cm³/mol. The van der Waals surface area contributed by atoms with Crippen LogP contribution >= 0.6 is 0 Å². The Labute approximate surface area is 100 Å². The molecule has 0 spiro atoms. The van der Waals surface area contributed by atoms with Crippen LogP contribution in [0.3, 0.4) is 0 Å². The lowest BCUT2D eigenvalue weighted by molar-refractivity contribution is 0.219. The number of halogens is 1. The van der Waals surface area contributed by atoms with E-state index in [9.17, 15) is 4.39 Å². The molecule has 2 rings (SSSR count). The zero-order chi connectivity index (χ0) is 12.3. The van der Waals surface area contributed by atoms with Crippen LogP contribution in [0.25, 0.3) is 0 Å². The van der Waals surface area contributed by atoms with E-state index >= 15 is 0 Å². The molecule has 1 aliphatic rings. The average molecular weight is 236 g/mol. The highest BCUT2D eigenvalue weighted by Gasteiger charge is 2.18. The third-order valence-electron chi connectivity index (χ3n) is 3.02. The van der Waals surface area contributed by atoms with Gasteiger partial charge in [-0.25, -0.2) is 9.82 Å². The number of hydrogen-bond donors (Lipinski definition) is 2. The fraction of sp³-hybridized carbons (Fsp3) is 0.385. The van der Waals surface area contributed by atoms with Crippen molar-refractivity contribution in [3.8, 4) is 0 Å². The Morgan fingerprint density at radius 2 is 2.29 bits per heavy atom. The van der Waals surface area contributed by atoms with Crippen LogP contribution in [-0.4, -0.2) is 6.61 Å². The van der Waals surface area contributed by atoms with Crippen LogP contribution in [0.2, 0.25) is 0 Å². The van der Waals surface area contributed by atoms with Gasteiger partial charge >= 0.3 is 0 Å². The molecule has 3 nitrogen and oxygen atoms in total. The molecule has 1 heterocycles. The first-order valence-corrected chi connectivity index (χ1v) is 5.75. The van der Waals surface area contributed by atoms with Gasteiger partial charge in [0.05, 0.1) is 18.9 Å². The molecule has 1 aromatic rings. The summed E-state index contributed by atoms with van der Waals surface area (Å²) in [5, 5.41) is 0. The Kier molecular flexibility index (Phi) is 3.76. The molecule has 4 heteroatoms. The third kappa shape index (κ3) is 2.65. The van der Waals surface area contributed by atoms with Crippen LogP contribution in [-0.2, 0) is 4.74 Å². The molecule has 1 aliphatic heterocycles. The second-order valence-electron chi connectivity index (χ2n) is 4.28. The first-order chi connectivity index (χ1) is 8.22. The van der Waals surface area contributed by atoms with Gasteiger partial charge in [-0.2, -0.15) is 0 Å². The van der Waals surface area contributed by atoms with Gasteiger partial charge in [0.15, 0.2) is 0 Å². The topological polar surface area (TPSA) is 47.3 Å². The van der Waals surface area contributed by atoms with Gasteiger partial charge in [-0.3, -0.25) is 5.84 Å². The highest BCUT2D eigenvalue weighted by molar-refractivity contribution is 5.32. The summed E-state index contributed by atoms with van der Waals surface area (Å²) in [6.45, 7) is 2.50. The van der Waals surface area contributed by atoms with Crippen molar-refractivity contribution in [1.82, 2.24) is 5.43 Å². The molecule has 1 unspecified atom stereocenters. The van der Waals surface area contributed by atoms with Gasteiger partial charge in [0, 0.05) is 0 Å². The number of nitrogens with two attached hydrogens (primary N) is 1. The van der Waals surface area contributed by atoms with Gasteiger partial charge in [0.25, 0.3) is 0 Å². The van der Waals surface area contributed by atoms with Gasteiger partial charge in [0.1, 0.15) is 5.82 Å². The van der Waals surface area contributed by atoms with Crippen molar-refractivity contribution in [1.29, 1.82) is 0 Å². The molecule has 92 valence electrons. The maximum Gasteiger partial charge on any atom is 0.126 e. The largest absolute Gasteiger partial charge is 0.501 e. The van der Waals surface area contributed by atoms with E-state index in [-0.39, 0.29) is 11.9 Å². The van der Waals surface area contributed by atoms with Gasteiger partial charge in [-0.1, -0.05) is 12.1 Å². The fourth-order valence-corrected chi connectivity index (χ4v) is 2.06. The lowest BCUT2D eigenvalue weighted by Gasteiger charge is -2.23. The van der Waals surface area contributed by atoms with E-state index in [0.29, 0.717) is 5.56 Å². The number of benzene rings is 1. The van der Waals surface area contributed by atoms with E-state index < -0.39 is 0 Å². The summed E-state index contributed by atoms with van der Waals surface area (Å²) < 4.78 is 18.5. The number of rotatable bonds is 3. The minimum absolute atomic E-state index is 0.102. The molecule has 0 aromatic heterocycles. The number of nitrogens with one attached hydrogen (secondary N) is 1. The smallest absolute Gasteiger partial charge is 0.126 e. The van der Waals surface area contributed by atoms with Crippen molar-refractivity contribution in [2.45, 2.75) is 25.8 Å². The Hall–Kier alpha value is -1.39. The van der Waals surface area contributed by atoms with E-state index in [0.717, 1.165) is 30.6 Å². The molecule has 0 saturated carbocycles. The fourth-order valence-electron chi connectivity index (χ4n) is 2.06. The summed E-state index contributed by atoms with van der Waals surface area (Å²) in [7, 11) is 0. The second-order valence-corrected chi connectivity index (χ2v) is 4.28. The maximum atomic E-state index is 13.2. The number of hydrogen-bond acceptors (Lipinski definition) is 3. The Morgan fingerprint density at radius 3 is 2.88 bits per heavy atom. The third-order valence-corrected chi connectivity index (χ3v) is 3.02. The van der Waals surface area contributed by atoms with E-state index in [2.05, 4.69) is 5.43 Å². The normalized spacial score (nSPS) is 17.2. The molecule has 1 atom stereocenters.